The molecule has 21 heavy (non-hydrogen) atoms. The van der Waals surface area contributed by atoms with Crippen LogP contribution >= 0.6 is 0 Å². The lowest BCUT2D eigenvalue weighted by Crippen LogP contribution is -2.28. The van der Waals surface area contributed by atoms with Gasteiger partial charge in [0.1, 0.15) is 10.7 Å². The van der Waals surface area contributed by atoms with E-state index in [1.54, 1.807) is 13.0 Å². The molecule has 2 rings (SSSR count). The summed E-state index contributed by atoms with van der Waals surface area (Å²) in [5, 5.41) is 0. The van der Waals surface area contributed by atoms with Crippen molar-refractivity contribution in [1.29, 1.82) is 0 Å². The summed E-state index contributed by atoms with van der Waals surface area (Å²) < 4.78 is 40.3. The molecule has 0 aliphatic carbocycles. The number of pyridine rings is 1. The molecular weight excluding hydrogens is 295 g/mol. The summed E-state index contributed by atoms with van der Waals surface area (Å²) in [5.74, 6) is 4.86. The first kappa shape index (κ1) is 15.4. The van der Waals surface area contributed by atoms with Crippen LogP contribution in [0.15, 0.2) is 47.6 Å². The number of nitrogens with one attached hydrogen (secondary N) is 2. The van der Waals surface area contributed by atoms with Crippen LogP contribution in [0.25, 0.3) is 0 Å². The first-order valence-electron chi connectivity index (χ1n) is 6.12. The molecule has 0 saturated heterocycles. The highest BCUT2D eigenvalue weighted by Crippen LogP contribution is 2.21. The summed E-state index contributed by atoms with van der Waals surface area (Å²) in [7, 11) is -3.84. The minimum absolute atomic E-state index is 0.0734. The Morgan fingerprint density at radius 3 is 2.76 bits per heavy atom. The van der Waals surface area contributed by atoms with Gasteiger partial charge in [-0.05, 0) is 30.7 Å². The number of benzene rings is 1. The van der Waals surface area contributed by atoms with Crippen molar-refractivity contribution >= 4 is 15.7 Å². The van der Waals surface area contributed by atoms with Crippen molar-refractivity contribution in [2.75, 3.05) is 5.43 Å². The van der Waals surface area contributed by atoms with E-state index < -0.39 is 21.9 Å². The van der Waals surface area contributed by atoms with Gasteiger partial charge in [0.2, 0.25) is 10.0 Å². The van der Waals surface area contributed by atoms with Crippen LogP contribution in [0.2, 0.25) is 0 Å². The van der Waals surface area contributed by atoms with E-state index in [1.807, 2.05) is 0 Å². The standard InChI is InChI=1S/C13H15FN4O2S/c1-9(10-3-2-4-11(14)7-10)18-21(19,20)13-8-16-6-5-12(13)17-15/h2-9,18H,15H2,1H3,(H,16,17). The molecule has 0 aliphatic rings. The fourth-order valence-corrected chi connectivity index (χ4v) is 3.20. The van der Waals surface area contributed by atoms with E-state index in [1.165, 1.54) is 36.7 Å². The second-order valence-corrected chi connectivity index (χ2v) is 6.10. The molecule has 0 radical (unpaired) electrons. The van der Waals surface area contributed by atoms with Crippen molar-refractivity contribution in [3.05, 3.63) is 54.1 Å². The van der Waals surface area contributed by atoms with E-state index in [0.717, 1.165) is 0 Å². The van der Waals surface area contributed by atoms with Gasteiger partial charge < -0.3 is 5.43 Å². The molecule has 1 unspecified atom stereocenters. The van der Waals surface area contributed by atoms with E-state index in [4.69, 9.17) is 5.84 Å². The molecule has 0 saturated carbocycles. The highest BCUT2D eigenvalue weighted by atomic mass is 32.2. The summed E-state index contributed by atoms with van der Waals surface area (Å²) in [4.78, 5) is 3.71. The van der Waals surface area contributed by atoms with E-state index in [0.29, 0.717) is 5.56 Å². The Hall–Kier alpha value is -2.03. The lowest BCUT2D eigenvalue weighted by Gasteiger charge is -2.16. The second-order valence-electron chi connectivity index (χ2n) is 4.41. The zero-order valence-corrected chi connectivity index (χ0v) is 12.1. The van der Waals surface area contributed by atoms with Crippen molar-refractivity contribution in [1.82, 2.24) is 9.71 Å². The summed E-state index contributed by atoms with van der Waals surface area (Å²) >= 11 is 0. The monoisotopic (exact) mass is 310 g/mol. The number of sulfonamides is 1. The summed E-state index contributed by atoms with van der Waals surface area (Å²) in [5.41, 5.74) is 3.05. The van der Waals surface area contributed by atoms with Gasteiger partial charge in [-0.1, -0.05) is 12.1 Å². The molecule has 1 heterocycles. The number of hydrogen-bond acceptors (Lipinski definition) is 5. The summed E-state index contributed by atoms with van der Waals surface area (Å²) in [6.07, 6.45) is 2.61. The van der Waals surface area contributed by atoms with Crippen LogP contribution in [0.5, 0.6) is 0 Å². The van der Waals surface area contributed by atoms with Gasteiger partial charge in [0.15, 0.2) is 0 Å². The molecule has 1 atom stereocenters. The third-order valence-electron chi connectivity index (χ3n) is 2.91. The van der Waals surface area contributed by atoms with Crippen molar-refractivity contribution in [2.24, 2.45) is 5.84 Å². The predicted molar refractivity (Wildman–Crippen MR) is 77.2 cm³/mol. The minimum Gasteiger partial charge on any atom is -0.323 e. The van der Waals surface area contributed by atoms with Crippen LogP contribution in [0.3, 0.4) is 0 Å². The number of nitrogens with zero attached hydrogens (tertiary/aromatic N) is 1. The lowest BCUT2D eigenvalue weighted by molar-refractivity contribution is 0.564. The smallest absolute Gasteiger partial charge is 0.244 e. The molecule has 1 aromatic heterocycles. The van der Waals surface area contributed by atoms with Crippen LogP contribution in [0.4, 0.5) is 10.1 Å². The zero-order valence-electron chi connectivity index (χ0n) is 11.2. The van der Waals surface area contributed by atoms with Crippen molar-refractivity contribution in [3.8, 4) is 0 Å². The maximum absolute atomic E-state index is 13.2. The number of nitrogens with two attached hydrogens (primary N) is 1. The third-order valence-corrected chi connectivity index (χ3v) is 4.48. The molecule has 0 aliphatic heterocycles. The molecule has 2 aromatic rings. The molecule has 0 spiro atoms. The molecule has 1 aromatic carbocycles. The Bertz CT molecular complexity index is 736. The topological polar surface area (TPSA) is 97.1 Å². The number of halogens is 1. The molecule has 4 N–H and O–H groups in total. The molecule has 8 heteroatoms. The molecule has 112 valence electrons. The van der Waals surface area contributed by atoms with Gasteiger partial charge in [0.25, 0.3) is 0 Å². The second kappa shape index (κ2) is 6.17. The first-order valence-corrected chi connectivity index (χ1v) is 7.61. The fourth-order valence-electron chi connectivity index (χ4n) is 1.85. The van der Waals surface area contributed by atoms with Crippen LogP contribution in [-0.4, -0.2) is 13.4 Å². The van der Waals surface area contributed by atoms with Crippen molar-refractivity contribution < 1.29 is 12.8 Å². The molecule has 0 amide bonds. The van der Waals surface area contributed by atoms with Gasteiger partial charge in [-0.25, -0.2) is 17.5 Å². The van der Waals surface area contributed by atoms with Crippen molar-refractivity contribution in [3.63, 3.8) is 0 Å². The maximum Gasteiger partial charge on any atom is 0.244 e. The quantitative estimate of drug-likeness (QED) is 0.575. The van der Waals surface area contributed by atoms with E-state index >= 15 is 0 Å². The third kappa shape index (κ3) is 3.54. The lowest BCUT2D eigenvalue weighted by atomic mass is 10.1. The average Bonchev–Trinajstić information content (AvgIpc) is 2.46. The number of aromatic nitrogens is 1. The SMILES string of the molecule is CC(NS(=O)(=O)c1cnccc1NN)c1cccc(F)c1. The largest absolute Gasteiger partial charge is 0.323 e. The minimum atomic E-state index is -3.84. The van der Waals surface area contributed by atoms with Gasteiger partial charge in [0.05, 0.1) is 5.69 Å². The van der Waals surface area contributed by atoms with Gasteiger partial charge >= 0.3 is 0 Å². The Labute approximate surface area is 122 Å². The van der Waals surface area contributed by atoms with Crippen LogP contribution < -0.4 is 16.0 Å². The predicted octanol–water partition coefficient (Wildman–Crippen LogP) is 1.55. The Balaban J connectivity index is 2.29. The number of hydrogen-bond donors (Lipinski definition) is 3. The number of hydrazine groups is 1. The first-order chi connectivity index (χ1) is 9.94. The van der Waals surface area contributed by atoms with Crippen LogP contribution in [0.1, 0.15) is 18.5 Å². The molecular formula is C13H15FN4O2S. The Kier molecular flexibility index (Phi) is 4.51. The zero-order chi connectivity index (χ0) is 15.5. The molecule has 0 bridgehead atoms. The Morgan fingerprint density at radius 2 is 2.10 bits per heavy atom. The number of nitrogen functional groups attached to an aromatic ring is 1. The maximum atomic E-state index is 13.2. The fraction of sp³-hybridized carbons (Fsp3) is 0.154. The average molecular weight is 310 g/mol. The molecule has 0 fully saturated rings. The van der Waals surface area contributed by atoms with Gasteiger partial charge in [-0.2, -0.15) is 0 Å². The van der Waals surface area contributed by atoms with E-state index in [2.05, 4.69) is 15.1 Å². The number of anilines is 1. The van der Waals surface area contributed by atoms with Gasteiger partial charge in [-0.15, -0.1) is 0 Å². The van der Waals surface area contributed by atoms with Crippen LogP contribution in [0, 0.1) is 5.82 Å². The summed E-state index contributed by atoms with van der Waals surface area (Å²) in [6, 6.07) is 6.58. The summed E-state index contributed by atoms with van der Waals surface area (Å²) in [6.45, 7) is 1.62. The Morgan fingerprint density at radius 1 is 1.33 bits per heavy atom. The van der Waals surface area contributed by atoms with Gasteiger partial charge in [0, 0.05) is 18.4 Å². The normalized spacial score (nSPS) is 12.9. The highest BCUT2D eigenvalue weighted by Gasteiger charge is 2.21. The van der Waals surface area contributed by atoms with E-state index in [-0.39, 0.29) is 10.6 Å². The number of rotatable bonds is 5. The molecule has 6 nitrogen and oxygen atoms in total. The highest BCUT2D eigenvalue weighted by molar-refractivity contribution is 7.89. The van der Waals surface area contributed by atoms with E-state index in [9.17, 15) is 12.8 Å². The van der Waals surface area contributed by atoms with Gasteiger partial charge in [-0.3, -0.25) is 10.8 Å². The van der Waals surface area contributed by atoms with Crippen molar-refractivity contribution in [2.45, 2.75) is 17.9 Å². The van der Waals surface area contributed by atoms with Crippen LogP contribution in [-0.2, 0) is 10.0 Å².